The standard InChI is InChI=1S/C24H32FN5O8/c1-13-5-6-16(17(25)9-13)11-26-21(32)19(12-37-8-7-30(4)24(35)36)27-23(34)20(15(3)31)28-22(33)18-10-14(2)38-29-18/h5-6,9-10,15,19-20,31H,7-8,11-12H2,1-4H3,(H,26,32)(H,27,34)(H,28,33)(H,35,36)/t15-,19?,20+/m1/s1. The number of amides is 4. The number of likely N-dealkylation sites (N-methyl/N-ethyl adjacent to an activating group) is 1. The van der Waals surface area contributed by atoms with E-state index >= 15 is 0 Å². The fourth-order valence-electron chi connectivity index (χ4n) is 3.14. The lowest BCUT2D eigenvalue weighted by molar-refractivity contribution is -0.132. The summed E-state index contributed by atoms with van der Waals surface area (Å²) in [6, 6.07) is 3.06. The Morgan fingerprint density at radius 1 is 1.16 bits per heavy atom. The molecule has 0 radical (unpaired) electrons. The number of nitrogens with zero attached hydrogens (tertiary/aromatic N) is 2. The minimum atomic E-state index is -1.47. The Hall–Kier alpha value is -4.04. The first-order chi connectivity index (χ1) is 17.9. The highest BCUT2D eigenvalue weighted by molar-refractivity contribution is 5.97. The average Bonchev–Trinajstić information content (AvgIpc) is 3.29. The molecule has 1 aromatic heterocycles. The molecule has 2 rings (SSSR count). The summed E-state index contributed by atoms with van der Waals surface area (Å²) in [4.78, 5) is 50.2. The average molecular weight is 538 g/mol. The Kier molecular flexibility index (Phi) is 11.2. The van der Waals surface area contributed by atoms with Crippen LogP contribution >= 0.6 is 0 Å². The third-order valence-corrected chi connectivity index (χ3v) is 5.39. The summed E-state index contributed by atoms with van der Waals surface area (Å²) in [5.41, 5.74) is 0.811. The number of rotatable bonds is 13. The van der Waals surface area contributed by atoms with Gasteiger partial charge in [0.1, 0.15) is 23.7 Å². The van der Waals surface area contributed by atoms with Crippen molar-refractivity contribution in [2.75, 3.05) is 26.8 Å². The van der Waals surface area contributed by atoms with Crippen LogP contribution in [0.1, 0.15) is 34.3 Å². The van der Waals surface area contributed by atoms with Crippen molar-refractivity contribution in [1.29, 1.82) is 0 Å². The van der Waals surface area contributed by atoms with Gasteiger partial charge < -0.3 is 40.3 Å². The number of aliphatic hydroxyl groups is 1. The van der Waals surface area contributed by atoms with Gasteiger partial charge in [0.05, 0.1) is 19.3 Å². The third-order valence-electron chi connectivity index (χ3n) is 5.39. The summed E-state index contributed by atoms with van der Waals surface area (Å²) >= 11 is 0. The molecule has 0 fully saturated rings. The first kappa shape index (κ1) is 30.2. The molecular formula is C24H32FN5O8. The Bertz CT molecular complexity index is 1140. The van der Waals surface area contributed by atoms with Gasteiger partial charge >= 0.3 is 6.09 Å². The van der Waals surface area contributed by atoms with Gasteiger partial charge in [-0.05, 0) is 32.4 Å². The number of aromatic nitrogens is 1. The van der Waals surface area contributed by atoms with Gasteiger partial charge in [-0.3, -0.25) is 14.4 Å². The number of aryl methyl sites for hydroxylation is 2. The van der Waals surface area contributed by atoms with Crippen LogP contribution in [-0.4, -0.2) is 89.1 Å². The molecule has 1 unspecified atom stereocenters. The highest BCUT2D eigenvalue weighted by Crippen LogP contribution is 2.10. The number of carbonyl (C=O) groups excluding carboxylic acids is 3. The van der Waals surface area contributed by atoms with Crippen LogP contribution in [0.4, 0.5) is 9.18 Å². The number of benzene rings is 1. The number of carboxylic acid groups (broad SMARTS) is 1. The molecular weight excluding hydrogens is 505 g/mol. The summed E-state index contributed by atoms with van der Waals surface area (Å²) in [6.07, 6.45) is -2.53. The van der Waals surface area contributed by atoms with Gasteiger partial charge in [0.25, 0.3) is 5.91 Å². The Morgan fingerprint density at radius 3 is 2.45 bits per heavy atom. The van der Waals surface area contributed by atoms with E-state index in [4.69, 9.17) is 14.4 Å². The highest BCUT2D eigenvalue weighted by Gasteiger charge is 2.31. The van der Waals surface area contributed by atoms with Crippen LogP contribution in [0.2, 0.25) is 0 Å². The predicted octanol–water partition coefficient (Wildman–Crippen LogP) is 0.337. The summed E-state index contributed by atoms with van der Waals surface area (Å²) in [5, 5.41) is 29.9. The van der Waals surface area contributed by atoms with E-state index in [0.29, 0.717) is 11.3 Å². The van der Waals surface area contributed by atoms with Crippen molar-refractivity contribution < 1.29 is 43.0 Å². The SMILES string of the molecule is Cc1ccc(CNC(=O)C(COCCN(C)C(=O)O)NC(=O)[C@@H](NC(=O)c2cc(C)on2)[C@@H](C)O)c(F)c1. The topological polar surface area (TPSA) is 183 Å². The molecule has 0 aliphatic heterocycles. The van der Waals surface area contributed by atoms with Gasteiger partial charge in [-0.25, -0.2) is 9.18 Å². The van der Waals surface area contributed by atoms with Crippen molar-refractivity contribution in [2.24, 2.45) is 0 Å². The minimum absolute atomic E-state index is 0.00430. The molecule has 0 spiro atoms. The number of hydrogen-bond donors (Lipinski definition) is 5. The summed E-state index contributed by atoms with van der Waals surface area (Å²) in [5.74, 6) is -2.57. The molecule has 3 atom stereocenters. The fraction of sp³-hybridized carbons (Fsp3) is 0.458. The smallest absolute Gasteiger partial charge is 0.407 e. The maximum Gasteiger partial charge on any atom is 0.407 e. The maximum absolute atomic E-state index is 14.2. The zero-order valence-corrected chi connectivity index (χ0v) is 21.5. The molecule has 14 heteroatoms. The number of hydrogen-bond acceptors (Lipinski definition) is 8. The number of aliphatic hydroxyl groups excluding tert-OH is 1. The van der Waals surface area contributed by atoms with Crippen LogP contribution in [0.5, 0.6) is 0 Å². The van der Waals surface area contributed by atoms with E-state index in [1.165, 1.54) is 32.2 Å². The molecule has 5 N–H and O–H groups in total. The molecule has 4 amide bonds. The van der Waals surface area contributed by atoms with E-state index in [0.717, 1.165) is 4.90 Å². The molecule has 13 nitrogen and oxygen atoms in total. The second kappa shape index (κ2) is 14.0. The van der Waals surface area contributed by atoms with Crippen LogP contribution in [0.15, 0.2) is 28.8 Å². The van der Waals surface area contributed by atoms with Gasteiger partial charge in [-0.2, -0.15) is 0 Å². The van der Waals surface area contributed by atoms with Crippen LogP contribution in [0.25, 0.3) is 0 Å². The Labute approximate surface area is 218 Å². The van der Waals surface area contributed by atoms with Crippen molar-refractivity contribution in [2.45, 2.75) is 45.5 Å². The molecule has 208 valence electrons. The van der Waals surface area contributed by atoms with E-state index in [9.17, 15) is 28.7 Å². The molecule has 1 heterocycles. The van der Waals surface area contributed by atoms with E-state index in [1.54, 1.807) is 19.9 Å². The lowest BCUT2D eigenvalue weighted by Gasteiger charge is -2.24. The lowest BCUT2D eigenvalue weighted by atomic mass is 10.1. The number of nitrogens with one attached hydrogen (secondary N) is 3. The highest BCUT2D eigenvalue weighted by atomic mass is 19.1. The van der Waals surface area contributed by atoms with E-state index < -0.39 is 47.8 Å². The molecule has 38 heavy (non-hydrogen) atoms. The lowest BCUT2D eigenvalue weighted by Crippen LogP contribution is -2.58. The zero-order valence-electron chi connectivity index (χ0n) is 21.5. The van der Waals surface area contributed by atoms with E-state index in [1.807, 2.05) is 0 Å². The summed E-state index contributed by atoms with van der Waals surface area (Å²) in [7, 11) is 1.33. The van der Waals surface area contributed by atoms with Gasteiger partial charge in [0, 0.05) is 31.8 Å². The molecule has 0 aliphatic rings. The van der Waals surface area contributed by atoms with Crippen molar-refractivity contribution in [3.63, 3.8) is 0 Å². The maximum atomic E-state index is 14.2. The number of carbonyl (C=O) groups is 4. The van der Waals surface area contributed by atoms with Gasteiger partial charge in [-0.1, -0.05) is 17.3 Å². The van der Waals surface area contributed by atoms with Crippen molar-refractivity contribution in [3.8, 4) is 0 Å². The molecule has 0 aliphatic carbocycles. The minimum Gasteiger partial charge on any atom is -0.465 e. The van der Waals surface area contributed by atoms with Crippen LogP contribution in [0.3, 0.4) is 0 Å². The van der Waals surface area contributed by atoms with Crippen molar-refractivity contribution in [3.05, 3.63) is 52.7 Å². The molecule has 0 saturated heterocycles. The van der Waals surface area contributed by atoms with Crippen LogP contribution < -0.4 is 16.0 Å². The predicted molar refractivity (Wildman–Crippen MR) is 131 cm³/mol. The number of halogens is 1. The number of ether oxygens (including phenoxy) is 1. The monoisotopic (exact) mass is 537 g/mol. The van der Waals surface area contributed by atoms with Crippen LogP contribution in [0, 0.1) is 19.7 Å². The Balaban J connectivity index is 2.10. The molecule has 2 aromatic rings. The van der Waals surface area contributed by atoms with Gasteiger partial charge in [0.2, 0.25) is 11.8 Å². The van der Waals surface area contributed by atoms with Crippen molar-refractivity contribution in [1.82, 2.24) is 26.0 Å². The van der Waals surface area contributed by atoms with Gasteiger partial charge in [-0.15, -0.1) is 0 Å². The summed E-state index contributed by atoms with van der Waals surface area (Å²) in [6.45, 7) is 3.92. The van der Waals surface area contributed by atoms with E-state index in [2.05, 4.69) is 21.1 Å². The molecule has 0 saturated carbocycles. The zero-order chi connectivity index (χ0) is 28.4. The third kappa shape index (κ3) is 9.12. The summed E-state index contributed by atoms with van der Waals surface area (Å²) < 4.78 is 24.4. The first-order valence-corrected chi connectivity index (χ1v) is 11.7. The fourth-order valence-corrected chi connectivity index (χ4v) is 3.14. The second-order valence-corrected chi connectivity index (χ2v) is 8.67. The largest absolute Gasteiger partial charge is 0.465 e. The second-order valence-electron chi connectivity index (χ2n) is 8.67. The van der Waals surface area contributed by atoms with E-state index in [-0.39, 0.29) is 37.6 Å². The van der Waals surface area contributed by atoms with Gasteiger partial charge in [0.15, 0.2) is 5.69 Å². The molecule has 0 bridgehead atoms. The first-order valence-electron chi connectivity index (χ1n) is 11.7. The quantitative estimate of drug-likeness (QED) is 0.225. The Morgan fingerprint density at radius 2 is 1.87 bits per heavy atom. The normalized spacial score (nSPS) is 13.2. The van der Waals surface area contributed by atoms with Crippen molar-refractivity contribution >= 4 is 23.8 Å². The molecule has 1 aromatic carbocycles. The van der Waals surface area contributed by atoms with Crippen LogP contribution in [-0.2, 0) is 20.9 Å².